The predicted octanol–water partition coefficient (Wildman–Crippen LogP) is 2.60. The van der Waals surface area contributed by atoms with E-state index in [1.54, 1.807) is 0 Å². The average molecular weight is 388 g/mol. The number of nitrogens with zero attached hydrogens (tertiary/aromatic N) is 2. The summed E-state index contributed by atoms with van der Waals surface area (Å²) in [4.78, 5) is 23.8. The molecule has 1 aromatic heterocycles. The van der Waals surface area contributed by atoms with Gasteiger partial charge in [-0.05, 0) is 30.5 Å². The average Bonchev–Trinajstić information content (AvgIpc) is 3.44. The fourth-order valence-electron chi connectivity index (χ4n) is 3.02. The maximum atomic E-state index is 14.0. The Labute approximate surface area is 157 Å². The van der Waals surface area contributed by atoms with Crippen molar-refractivity contribution in [2.75, 3.05) is 5.32 Å². The summed E-state index contributed by atoms with van der Waals surface area (Å²) in [5.41, 5.74) is -2.76. The Hall–Kier alpha value is -3.28. The lowest BCUT2D eigenvalue weighted by atomic mass is 9.85. The second kappa shape index (κ2) is 6.41. The van der Waals surface area contributed by atoms with Gasteiger partial charge < -0.3 is 10.6 Å². The van der Waals surface area contributed by atoms with E-state index < -0.39 is 17.7 Å². The van der Waals surface area contributed by atoms with Gasteiger partial charge in [-0.25, -0.2) is 9.48 Å². The molecule has 1 fully saturated rings. The third kappa shape index (κ3) is 3.22. The summed E-state index contributed by atoms with van der Waals surface area (Å²) in [6.07, 6.45) is -1.84. The molecule has 1 aliphatic carbocycles. The van der Waals surface area contributed by atoms with Crippen LogP contribution in [-0.2, 0) is 12.1 Å². The van der Waals surface area contributed by atoms with Crippen LogP contribution in [0.15, 0.2) is 41.3 Å². The largest absolute Gasteiger partial charge is 0.427 e. The number of aromatic nitrogens is 2. The molecular weight excluding hydrogens is 373 g/mol. The van der Waals surface area contributed by atoms with Crippen LogP contribution in [0, 0.1) is 17.8 Å². The number of nitrogens with one attached hydrogen (secondary N) is 2. The summed E-state index contributed by atoms with van der Waals surface area (Å²) in [6, 6.07) is 6.00. The molecule has 0 unspecified atom stereocenters. The van der Waals surface area contributed by atoms with Crippen LogP contribution >= 0.6 is 0 Å². The summed E-state index contributed by atoms with van der Waals surface area (Å²) in [5, 5.41) is 8.30. The third-order valence-corrected chi connectivity index (χ3v) is 4.62. The first-order valence-corrected chi connectivity index (χ1v) is 8.63. The maximum absolute atomic E-state index is 14.0. The van der Waals surface area contributed by atoms with E-state index in [0.29, 0.717) is 5.56 Å². The summed E-state index contributed by atoms with van der Waals surface area (Å²) in [6.45, 7) is 0.0586. The number of hydrogen-bond acceptors (Lipinski definition) is 3. The van der Waals surface area contributed by atoms with Gasteiger partial charge in [0.1, 0.15) is 0 Å². The van der Waals surface area contributed by atoms with E-state index in [9.17, 15) is 22.8 Å². The van der Waals surface area contributed by atoms with Crippen molar-refractivity contribution in [3.8, 4) is 11.8 Å². The van der Waals surface area contributed by atoms with Crippen molar-refractivity contribution >= 4 is 11.7 Å². The lowest BCUT2D eigenvalue weighted by molar-refractivity contribution is -0.178. The van der Waals surface area contributed by atoms with Crippen molar-refractivity contribution < 1.29 is 18.0 Å². The fourth-order valence-corrected chi connectivity index (χ4v) is 3.02. The highest BCUT2D eigenvalue weighted by molar-refractivity contribution is 5.95. The first-order valence-electron chi connectivity index (χ1n) is 8.63. The van der Waals surface area contributed by atoms with Gasteiger partial charge in [0.15, 0.2) is 0 Å². The molecule has 0 bridgehead atoms. The summed E-state index contributed by atoms with van der Waals surface area (Å²) >= 11 is 0. The number of amides is 2. The minimum atomic E-state index is -4.80. The minimum absolute atomic E-state index is 0.00709. The highest BCUT2D eigenvalue weighted by atomic mass is 19.4. The molecule has 6 nitrogen and oxygen atoms in total. The zero-order chi connectivity index (χ0) is 19.9. The molecule has 2 amide bonds. The summed E-state index contributed by atoms with van der Waals surface area (Å²) in [7, 11) is 0. The van der Waals surface area contributed by atoms with E-state index in [4.69, 9.17) is 0 Å². The molecule has 144 valence electrons. The van der Waals surface area contributed by atoms with Crippen LogP contribution in [0.5, 0.6) is 0 Å². The zero-order valence-corrected chi connectivity index (χ0v) is 14.5. The number of urea groups is 1. The molecule has 1 aromatic carbocycles. The summed E-state index contributed by atoms with van der Waals surface area (Å²) in [5.74, 6) is 4.85. The van der Waals surface area contributed by atoms with Crippen molar-refractivity contribution in [3.63, 3.8) is 0 Å². The first-order chi connectivity index (χ1) is 13.3. The van der Waals surface area contributed by atoms with Crippen molar-refractivity contribution in [2.24, 2.45) is 5.92 Å². The Morgan fingerprint density at radius 1 is 1.25 bits per heavy atom. The molecule has 1 atom stereocenters. The molecule has 1 saturated carbocycles. The van der Waals surface area contributed by atoms with Gasteiger partial charge in [0.05, 0.1) is 6.54 Å². The zero-order valence-electron chi connectivity index (χ0n) is 14.5. The number of rotatable bonds is 2. The van der Waals surface area contributed by atoms with Crippen LogP contribution in [0.4, 0.5) is 23.7 Å². The van der Waals surface area contributed by atoms with Gasteiger partial charge in [0.25, 0.3) is 5.56 Å². The minimum Gasteiger partial charge on any atom is -0.310 e. The topological polar surface area (TPSA) is 76.0 Å². The SMILES string of the molecule is O=C1Nc2cc(Cn3ncccc3=O)ccc2[C@@](C#CC2CC2)(C(F)(F)F)N1. The van der Waals surface area contributed by atoms with Crippen molar-refractivity contribution in [1.82, 2.24) is 15.1 Å². The van der Waals surface area contributed by atoms with Crippen LogP contribution in [0.25, 0.3) is 0 Å². The molecule has 2 heterocycles. The molecule has 28 heavy (non-hydrogen) atoms. The Morgan fingerprint density at radius 2 is 2.04 bits per heavy atom. The number of fused-ring (bicyclic) bond motifs is 1. The molecule has 2 aromatic rings. The normalized spacial score (nSPS) is 21.0. The van der Waals surface area contributed by atoms with Gasteiger partial charge >= 0.3 is 12.2 Å². The first kappa shape index (κ1) is 18.1. The second-order valence-corrected chi connectivity index (χ2v) is 6.77. The number of benzene rings is 1. The quantitative estimate of drug-likeness (QED) is 0.777. The van der Waals surface area contributed by atoms with Gasteiger partial charge in [-0.2, -0.15) is 18.3 Å². The summed E-state index contributed by atoms with van der Waals surface area (Å²) < 4.78 is 43.2. The third-order valence-electron chi connectivity index (χ3n) is 4.62. The molecule has 2 N–H and O–H groups in total. The van der Waals surface area contributed by atoms with Crippen LogP contribution in [0.2, 0.25) is 0 Å². The number of hydrogen-bond donors (Lipinski definition) is 2. The van der Waals surface area contributed by atoms with E-state index in [-0.39, 0.29) is 29.3 Å². The smallest absolute Gasteiger partial charge is 0.310 e. The Morgan fingerprint density at radius 3 is 2.71 bits per heavy atom. The number of carbonyl (C=O) groups is 1. The molecular formula is C19H15F3N4O2. The Kier molecular flexibility index (Phi) is 4.14. The van der Waals surface area contributed by atoms with E-state index in [2.05, 4.69) is 22.3 Å². The molecule has 0 saturated heterocycles. The fraction of sp³-hybridized carbons (Fsp3) is 0.316. The molecule has 4 rings (SSSR count). The van der Waals surface area contributed by atoms with Gasteiger partial charge in [-0.1, -0.05) is 24.0 Å². The number of carbonyl (C=O) groups excluding carboxylic acids is 1. The Balaban J connectivity index is 1.78. The van der Waals surface area contributed by atoms with Crippen LogP contribution in [0.1, 0.15) is 24.0 Å². The second-order valence-electron chi connectivity index (χ2n) is 6.77. The number of alkyl halides is 3. The highest BCUT2D eigenvalue weighted by Gasteiger charge is 2.59. The lowest BCUT2D eigenvalue weighted by Crippen LogP contribution is -2.59. The van der Waals surface area contributed by atoms with Gasteiger partial charge in [0.2, 0.25) is 5.54 Å². The van der Waals surface area contributed by atoms with Crippen molar-refractivity contribution in [3.05, 3.63) is 58.0 Å². The Bertz CT molecular complexity index is 1060. The molecule has 0 spiro atoms. The molecule has 2 aliphatic rings. The van der Waals surface area contributed by atoms with E-state index in [1.807, 2.05) is 5.32 Å². The van der Waals surface area contributed by atoms with E-state index >= 15 is 0 Å². The molecule has 9 heteroatoms. The van der Waals surface area contributed by atoms with Crippen LogP contribution < -0.4 is 16.2 Å². The molecule has 0 radical (unpaired) electrons. The van der Waals surface area contributed by atoms with Crippen LogP contribution in [-0.4, -0.2) is 22.0 Å². The standard InChI is InChI=1S/C19H15F3N4O2/c20-19(21,22)18(8-7-12-3-4-12)14-6-5-13(10-15(14)24-17(28)25-18)11-26-16(27)2-1-9-23-26/h1-2,5-6,9-10,12H,3-4,11H2,(H2,24,25,28)/t18-/m0/s1. The molecule has 1 aliphatic heterocycles. The predicted molar refractivity (Wildman–Crippen MR) is 94.4 cm³/mol. The lowest BCUT2D eigenvalue weighted by Gasteiger charge is -2.37. The monoisotopic (exact) mass is 388 g/mol. The van der Waals surface area contributed by atoms with Gasteiger partial charge in [-0.3, -0.25) is 4.79 Å². The van der Waals surface area contributed by atoms with Gasteiger partial charge in [-0.15, -0.1) is 0 Å². The highest BCUT2D eigenvalue weighted by Crippen LogP contribution is 2.44. The van der Waals surface area contributed by atoms with Crippen molar-refractivity contribution in [1.29, 1.82) is 0 Å². The number of halogens is 3. The van der Waals surface area contributed by atoms with E-state index in [1.165, 1.54) is 41.2 Å². The number of anilines is 1. The van der Waals surface area contributed by atoms with Crippen molar-refractivity contribution in [2.45, 2.75) is 31.1 Å². The van der Waals surface area contributed by atoms with Gasteiger partial charge in [0, 0.05) is 29.4 Å². The van der Waals surface area contributed by atoms with E-state index in [0.717, 1.165) is 12.8 Å². The maximum Gasteiger partial charge on any atom is 0.427 e. The van der Waals surface area contributed by atoms with Crippen LogP contribution in [0.3, 0.4) is 0 Å².